The average molecular weight is 339 g/mol. The van der Waals surface area contributed by atoms with Crippen LogP contribution in [0.15, 0.2) is 42.2 Å². The molecule has 0 bridgehead atoms. The van der Waals surface area contributed by atoms with Gasteiger partial charge in [0.15, 0.2) is 5.83 Å². The Bertz CT molecular complexity index is 589. The molecule has 0 aromatic heterocycles. The maximum atomic E-state index is 13.8. The molecule has 0 saturated heterocycles. The highest BCUT2D eigenvalue weighted by atomic mass is 32.1. The first-order chi connectivity index (χ1) is 11.0. The summed E-state index contributed by atoms with van der Waals surface area (Å²) in [6.07, 6.45) is 0.899. The quantitative estimate of drug-likeness (QED) is 0.466. The molecular formula is C16H18FNO4S. The van der Waals surface area contributed by atoms with Crippen molar-refractivity contribution >= 4 is 29.1 Å². The Morgan fingerprint density at radius 3 is 2.57 bits per heavy atom. The summed E-state index contributed by atoms with van der Waals surface area (Å²) in [6, 6.07) is 8.27. The normalized spacial score (nSPS) is 12.2. The van der Waals surface area contributed by atoms with Gasteiger partial charge in [-0.25, -0.2) is 14.0 Å². The van der Waals surface area contributed by atoms with Gasteiger partial charge in [0.1, 0.15) is 11.0 Å². The number of hydrogen-bond donors (Lipinski definition) is 1. The number of carbonyl (C=O) groups is 2. The van der Waals surface area contributed by atoms with E-state index in [0.29, 0.717) is 6.08 Å². The number of methoxy groups -OCH3 is 1. The molecule has 0 spiro atoms. The second-order valence-corrected chi connectivity index (χ2v) is 4.89. The maximum Gasteiger partial charge on any atom is 0.333 e. The van der Waals surface area contributed by atoms with E-state index in [1.807, 2.05) is 30.3 Å². The highest BCUT2D eigenvalue weighted by molar-refractivity contribution is 7.80. The van der Waals surface area contributed by atoms with E-state index in [2.05, 4.69) is 10.1 Å². The molecule has 124 valence electrons. The minimum absolute atomic E-state index is 0.127. The number of ether oxygens (including phenoxy) is 2. The number of carbonyl (C=O) groups excluding carboxylic acids is 2. The fourth-order valence-corrected chi connectivity index (χ4v) is 1.97. The summed E-state index contributed by atoms with van der Waals surface area (Å²) >= 11 is 4.87. The lowest BCUT2D eigenvalue weighted by molar-refractivity contribution is -0.142. The van der Waals surface area contributed by atoms with Gasteiger partial charge in [-0.1, -0.05) is 42.5 Å². The van der Waals surface area contributed by atoms with Crippen LogP contribution in [-0.2, 0) is 25.5 Å². The maximum absolute atomic E-state index is 13.8. The van der Waals surface area contributed by atoms with E-state index in [-0.39, 0.29) is 18.0 Å². The van der Waals surface area contributed by atoms with Gasteiger partial charge in [-0.15, -0.1) is 0 Å². The standard InChI is InChI=1S/C16H18FNO4S/c1-3-22-14(19)10-12(17)15(23)18-13(16(20)21-2)9-11-7-5-4-6-8-11/h4-8,10,13H,3,9H2,1-2H3,(H,18,23)/b12-10-. The van der Waals surface area contributed by atoms with E-state index in [9.17, 15) is 14.0 Å². The van der Waals surface area contributed by atoms with Gasteiger partial charge in [0.2, 0.25) is 0 Å². The van der Waals surface area contributed by atoms with E-state index in [1.54, 1.807) is 6.92 Å². The molecule has 0 aliphatic carbocycles. The van der Waals surface area contributed by atoms with Crippen LogP contribution in [0, 0.1) is 0 Å². The summed E-state index contributed by atoms with van der Waals surface area (Å²) in [5.41, 5.74) is 0.855. The molecule has 1 aromatic carbocycles. The summed E-state index contributed by atoms with van der Waals surface area (Å²) in [4.78, 5) is 22.7. The first-order valence-electron chi connectivity index (χ1n) is 6.94. The Morgan fingerprint density at radius 1 is 1.35 bits per heavy atom. The highest BCUT2D eigenvalue weighted by Gasteiger charge is 2.22. The predicted octanol–water partition coefficient (Wildman–Crippen LogP) is 2.10. The van der Waals surface area contributed by atoms with Crippen molar-refractivity contribution in [3.63, 3.8) is 0 Å². The number of hydrogen-bond acceptors (Lipinski definition) is 5. The van der Waals surface area contributed by atoms with E-state index >= 15 is 0 Å². The Balaban J connectivity index is 2.79. The molecule has 0 aliphatic rings. The van der Waals surface area contributed by atoms with Gasteiger partial charge in [-0.3, -0.25) is 0 Å². The lowest BCUT2D eigenvalue weighted by Gasteiger charge is -2.17. The summed E-state index contributed by atoms with van der Waals surface area (Å²) < 4.78 is 23.1. The molecule has 5 nitrogen and oxygen atoms in total. The predicted molar refractivity (Wildman–Crippen MR) is 87.5 cm³/mol. The van der Waals surface area contributed by atoms with E-state index in [4.69, 9.17) is 17.0 Å². The minimum Gasteiger partial charge on any atom is -0.467 e. The molecule has 0 saturated carbocycles. The molecule has 1 atom stereocenters. The number of thiocarbonyl (C=S) groups is 1. The lowest BCUT2D eigenvalue weighted by Crippen LogP contribution is -2.42. The molecule has 23 heavy (non-hydrogen) atoms. The van der Waals surface area contributed by atoms with Gasteiger partial charge in [0, 0.05) is 6.42 Å². The molecule has 1 N–H and O–H groups in total. The van der Waals surface area contributed by atoms with E-state index in [1.165, 1.54) is 7.11 Å². The second-order valence-electron chi connectivity index (χ2n) is 4.48. The molecule has 0 radical (unpaired) electrons. The smallest absolute Gasteiger partial charge is 0.333 e. The van der Waals surface area contributed by atoms with Gasteiger partial charge < -0.3 is 14.8 Å². The van der Waals surface area contributed by atoms with Crippen molar-refractivity contribution in [1.29, 1.82) is 0 Å². The molecule has 0 heterocycles. The van der Waals surface area contributed by atoms with Crippen molar-refractivity contribution < 1.29 is 23.5 Å². The highest BCUT2D eigenvalue weighted by Crippen LogP contribution is 2.07. The number of nitrogens with one attached hydrogen (secondary N) is 1. The summed E-state index contributed by atoms with van der Waals surface area (Å²) in [6.45, 7) is 1.73. The fourth-order valence-electron chi connectivity index (χ4n) is 1.77. The van der Waals surface area contributed by atoms with Gasteiger partial charge in [-0.2, -0.15) is 0 Å². The SMILES string of the molecule is CCOC(=O)/C=C(\F)C(=S)NC(Cc1ccccc1)C(=O)OC. The molecule has 7 heteroatoms. The molecule has 1 unspecified atom stereocenters. The summed E-state index contributed by atoms with van der Waals surface area (Å²) in [5, 5.41) is 2.57. The fraction of sp³-hybridized carbons (Fsp3) is 0.312. The van der Waals surface area contributed by atoms with Gasteiger partial charge in [0.05, 0.1) is 19.8 Å². The molecule has 0 aliphatic heterocycles. The van der Waals surface area contributed by atoms with Gasteiger partial charge in [-0.05, 0) is 12.5 Å². The van der Waals surface area contributed by atoms with Crippen LogP contribution in [-0.4, -0.2) is 36.7 Å². The Hall–Kier alpha value is -2.28. The molecule has 1 rings (SSSR count). The van der Waals surface area contributed by atoms with Crippen molar-refractivity contribution in [3.8, 4) is 0 Å². The van der Waals surface area contributed by atoms with Crippen LogP contribution in [0.1, 0.15) is 12.5 Å². The minimum atomic E-state index is -0.972. The third kappa shape index (κ3) is 6.56. The Kier molecular flexibility index (Phi) is 7.90. The molecule has 0 fully saturated rings. The van der Waals surface area contributed by atoms with Crippen LogP contribution in [0.4, 0.5) is 4.39 Å². The Morgan fingerprint density at radius 2 is 2.00 bits per heavy atom. The van der Waals surface area contributed by atoms with Crippen molar-refractivity contribution in [2.24, 2.45) is 0 Å². The Labute approximate surface area is 139 Å². The summed E-state index contributed by atoms with van der Waals surface area (Å²) in [5.74, 6) is -2.40. The number of halogens is 1. The van der Waals surface area contributed by atoms with E-state index in [0.717, 1.165) is 5.56 Å². The lowest BCUT2D eigenvalue weighted by atomic mass is 10.1. The van der Waals surface area contributed by atoms with Crippen LogP contribution in [0.3, 0.4) is 0 Å². The van der Waals surface area contributed by atoms with Crippen molar-refractivity contribution in [2.45, 2.75) is 19.4 Å². The van der Waals surface area contributed by atoms with Gasteiger partial charge in [0.25, 0.3) is 0 Å². The third-order valence-electron chi connectivity index (χ3n) is 2.82. The largest absolute Gasteiger partial charge is 0.467 e. The second kappa shape index (κ2) is 9.68. The monoisotopic (exact) mass is 339 g/mol. The van der Waals surface area contributed by atoms with Crippen molar-refractivity contribution in [3.05, 3.63) is 47.8 Å². The third-order valence-corrected chi connectivity index (χ3v) is 3.13. The zero-order chi connectivity index (χ0) is 17.2. The topological polar surface area (TPSA) is 64.6 Å². The van der Waals surface area contributed by atoms with Crippen LogP contribution in [0.25, 0.3) is 0 Å². The number of rotatable bonds is 7. The van der Waals surface area contributed by atoms with Crippen molar-refractivity contribution in [1.82, 2.24) is 5.32 Å². The number of esters is 2. The average Bonchev–Trinajstić information content (AvgIpc) is 2.54. The van der Waals surface area contributed by atoms with Crippen molar-refractivity contribution in [2.75, 3.05) is 13.7 Å². The van der Waals surface area contributed by atoms with E-state index < -0.39 is 23.8 Å². The van der Waals surface area contributed by atoms with Crippen LogP contribution >= 0.6 is 12.2 Å². The van der Waals surface area contributed by atoms with Crippen LogP contribution in [0.2, 0.25) is 0 Å². The van der Waals surface area contributed by atoms with Crippen LogP contribution in [0.5, 0.6) is 0 Å². The molecular weight excluding hydrogens is 321 g/mol. The first kappa shape index (κ1) is 18.8. The number of benzene rings is 1. The summed E-state index contributed by atoms with van der Waals surface area (Å²) in [7, 11) is 1.23. The zero-order valence-corrected chi connectivity index (χ0v) is 13.7. The first-order valence-corrected chi connectivity index (χ1v) is 7.35. The zero-order valence-electron chi connectivity index (χ0n) is 12.9. The molecule has 0 amide bonds. The van der Waals surface area contributed by atoms with Gasteiger partial charge >= 0.3 is 11.9 Å². The molecule has 1 aromatic rings. The van der Waals surface area contributed by atoms with Crippen LogP contribution < -0.4 is 5.32 Å².